The normalized spacial score (nSPS) is 37.1. The van der Waals surface area contributed by atoms with Crippen molar-refractivity contribution in [2.24, 2.45) is 11.7 Å². The summed E-state index contributed by atoms with van der Waals surface area (Å²) in [6.07, 6.45) is 9.03. The lowest BCUT2D eigenvalue weighted by atomic mass is 9.77. The first kappa shape index (κ1) is 14.6. The fourth-order valence-electron chi connectivity index (χ4n) is 3.86. The predicted molar refractivity (Wildman–Crippen MR) is 86.0 cm³/mol. The lowest BCUT2D eigenvalue weighted by Crippen LogP contribution is -2.50. The molecule has 4 heteroatoms. The molecule has 2 nitrogen and oxygen atoms in total. The van der Waals surface area contributed by atoms with Gasteiger partial charge in [-0.1, -0.05) is 6.42 Å². The molecule has 3 heterocycles. The van der Waals surface area contributed by atoms with Crippen LogP contribution in [0.3, 0.4) is 0 Å². The van der Waals surface area contributed by atoms with Crippen molar-refractivity contribution in [3.05, 3.63) is 0 Å². The van der Waals surface area contributed by atoms with E-state index in [1.54, 1.807) is 0 Å². The zero-order valence-corrected chi connectivity index (χ0v) is 13.4. The molecule has 3 atom stereocenters. The van der Waals surface area contributed by atoms with E-state index in [0.717, 1.165) is 6.61 Å². The summed E-state index contributed by atoms with van der Waals surface area (Å²) in [4.78, 5) is 0. The van der Waals surface area contributed by atoms with Crippen LogP contribution in [0.15, 0.2) is 0 Å². The van der Waals surface area contributed by atoms with Crippen molar-refractivity contribution in [2.75, 3.05) is 23.9 Å². The Morgan fingerprint density at radius 1 is 1.11 bits per heavy atom. The van der Waals surface area contributed by atoms with Gasteiger partial charge in [0.05, 0.1) is 5.60 Å². The lowest BCUT2D eigenvalue weighted by molar-refractivity contribution is -0.105. The van der Waals surface area contributed by atoms with Crippen LogP contribution in [-0.2, 0) is 4.74 Å². The van der Waals surface area contributed by atoms with E-state index in [-0.39, 0.29) is 5.60 Å². The van der Waals surface area contributed by atoms with E-state index in [4.69, 9.17) is 10.5 Å². The lowest BCUT2D eigenvalue weighted by Gasteiger charge is -2.46. The number of rotatable bonds is 2. The number of hydrogen-bond donors (Lipinski definition) is 1. The summed E-state index contributed by atoms with van der Waals surface area (Å²) in [6, 6.07) is 0.403. The quantitative estimate of drug-likeness (QED) is 0.849. The highest BCUT2D eigenvalue weighted by atomic mass is 32.2. The van der Waals surface area contributed by atoms with E-state index >= 15 is 0 Å². The highest BCUT2D eigenvalue weighted by Gasteiger charge is 2.41. The second-order valence-corrected chi connectivity index (χ2v) is 8.95. The van der Waals surface area contributed by atoms with Crippen molar-refractivity contribution in [1.82, 2.24) is 0 Å². The minimum atomic E-state index is 0.200. The molecule has 0 aromatic rings. The Balaban J connectivity index is 1.60. The van der Waals surface area contributed by atoms with Crippen LogP contribution in [0.2, 0.25) is 0 Å². The van der Waals surface area contributed by atoms with Gasteiger partial charge in [-0.3, -0.25) is 0 Å². The van der Waals surface area contributed by atoms with Crippen LogP contribution in [0.1, 0.15) is 44.9 Å². The van der Waals surface area contributed by atoms with E-state index in [1.165, 1.54) is 62.2 Å². The predicted octanol–water partition coefficient (Wildman–Crippen LogP) is 3.29. The zero-order chi connectivity index (χ0) is 13.1. The van der Waals surface area contributed by atoms with Gasteiger partial charge >= 0.3 is 0 Å². The maximum Gasteiger partial charge on any atom is 0.0701 e. The molecule has 0 aliphatic carbocycles. The Labute approximate surface area is 126 Å². The van der Waals surface area contributed by atoms with Crippen molar-refractivity contribution in [3.8, 4) is 0 Å². The minimum Gasteiger partial charge on any atom is -0.375 e. The van der Waals surface area contributed by atoms with Crippen LogP contribution in [0.5, 0.6) is 0 Å². The fourth-order valence-corrected chi connectivity index (χ4v) is 6.55. The summed E-state index contributed by atoms with van der Waals surface area (Å²) < 4.78 is 6.20. The number of thioether (sulfide) groups is 2. The first-order chi connectivity index (χ1) is 9.29. The number of ether oxygens (including phenoxy) is 1. The van der Waals surface area contributed by atoms with Gasteiger partial charge in [-0.25, -0.2) is 0 Å². The van der Waals surface area contributed by atoms with E-state index < -0.39 is 0 Å². The molecule has 0 aromatic carbocycles. The van der Waals surface area contributed by atoms with Gasteiger partial charge in [0, 0.05) is 17.9 Å². The van der Waals surface area contributed by atoms with E-state index in [2.05, 4.69) is 23.5 Å². The van der Waals surface area contributed by atoms with E-state index in [0.29, 0.717) is 17.2 Å². The van der Waals surface area contributed by atoms with Crippen LogP contribution in [-0.4, -0.2) is 40.8 Å². The fraction of sp³-hybridized carbons (Fsp3) is 1.00. The zero-order valence-electron chi connectivity index (χ0n) is 11.8. The van der Waals surface area contributed by atoms with Gasteiger partial charge in [-0.2, -0.15) is 23.5 Å². The summed E-state index contributed by atoms with van der Waals surface area (Å²) in [5.41, 5.74) is 6.83. The van der Waals surface area contributed by atoms with Crippen LogP contribution in [0, 0.1) is 5.92 Å². The third-order valence-corrected chi connectivity index (χ3v) is 7.61. The maximum absolute atomic E-state index is 6.63. The maximum atomic E-state index is 6.63. The molecule has 3 aliphatic heterocycles. The first-order valence-corrected chi connectivity index (χ1v) is 10.1. The number of nitrogens with two attached hydrogens (primary N) is 1. The van der Waals surface area contributed by atoms with Crippen LogP contribution in [0.25, 0.3) is 0 Å². The monoisotopic (exact) mass is 301 g/mol. The van der Waals surface area contributed by atoms with Crippen molar-refractivity contribution >= 4 is 23.5 Å². The molecule has 0 aromatic heterocycles. The average Bonchev–Trinajstić information content (AvgIpc) is 2.48. The van der Waals surface area contributed by atoms with E-state index in [1.807, 2.05) is 0 Å². The van der Waals surface area contributed by atoms with Gasteiger partial charge in [0.2, 0.25) is 0 Å². The van der Waals surface area contributed by atoms with Crippen molar-refractivity contribution in [2.45, 2.75) is 61.8 Å². The molecule has 19 heavy (non-hydrogen) atoms. The number of hydrogen-bond acceptors (Lipinski definition) is 4. The highest BCUT2D eigenvalue weighted by Crippen LogP contribution is 2.42. The van der Waals surface area contributed by atoms with Gasteiger partial charge in [-0.15, -0.1) is 0 Å². The Kier molecular flexibility index (Phi) is 5.05. The Bertz CT molecular complexity index is 282. The summed E-state index contributed by atoms with van der Waals surface area (Å²) in [6.45, 7) is 0.945. The van der Waals surface area contributed by atoms with Crippen LogP contribution >= 0.6 is 23.5 Å². The largest absolute Gasteiger partial charge is 0.375 e. The molecule has 0 saturated carbocycles. The first-order valence-electron chi connectivity index (χ1n) is 7.88. The van der Waals surface area contributed by atoms with Gasteiger partial charge in [-0.05, 0) is 61.7 Å². The Morgan fingerprint density at radius 2 is 1.95 bits per heavy atom. The standard InChI is InChI=1S/C15H27NOS2/c16-14(13-3-1-2-8-19-13)12-4-7-17-15(11-12)5-9-18-10-6-15/h12-14H,1-11,16H2. The van der Waals surface area contributed by atoms with Gasteiger partial charge in [0.15, 0.2) is 0 Å². The van der Waals surface area contributed by atoms with E-state index in [9.17, 15) is 0 Å². The second kappa shape index (κ2) is 6.59. The molecule has 3 rings (SSSR count). The molecule has 3 unspecified atom stereocenters. The van der Waals surface area contributed by atoms with Crippen LogP contribution in [0.4, 0.5) is 0 Å². The summed E-state index contributed by atoms with van der Waals surface area (Å²) in [5.74, 6) is 4.58. The Morgan fingerprint density at radius 3 is 2.68 bits per heavy atom. The van der Waals surface area contributed by atoms with Crippen molar-refractivity contribution in [3.63, 3.8) is 0 Å². The smallest absolute Gasteiger partial charge is 0.0701 e. The minimum absolute atomic E-state index is 0.200. The van der Waals surface area contributed by atoms with Gasteiger partial charge in [0.25, 0.3) is 0 Å². The molecule has 0 bridgehead atoms. The molecule has 110 valence electrons. The summed E-state index contributed by atoms with van der Waals surface area (Å²) in [7, 11) is 0. The molecule has 3 fully saturated rings. The van der Waals surface area contributed by atoms with Gasteiger partial charge in [0.1, 0.15) is 0 Å². The highest BCUT2D eigenvalue weighted by molar-refractivity contribution is 8.00. The van der Waals surface area contributed by atoms with Crippen molar-refractivity contribution < 1.29 is 4.74 Å². The topological polar surface area (TPSA) is 35.2 Å². The molecule has 3 aliphatic rings. The molecule has 1 spiro atoms. The molecule has 0 amide bonds. The van der Waals surface area contributed by atoms with Crippen molar-refractivity contribution in [1.29, 1.82) is 0 Å². The third-order valence-electron chi connectivity index (χ3n) is 5.12. The van der Waals surface area contributed by atoms with Gasteiger partial charge < -0.3 is 10.5 Å². The molecule has 3 saturated heterocycles. The summed E-state index contributed by atoms with van der Waals surface area (Å²) >= 11 is 4.21. The summed E-state index contributed by atoms with van der Waals surface area (Å²) in [5, 5.41) is 0.715. The average molecular weight is 302 g/mol. The second-order valence-electron chi connectivity index (χ2n) is 6.38. The SMILES string of the molecule is NC(C1CCOC2(CCSCC2)C1)C1CCCCS1. The molecule has 2 N–H and O–H groups in total. The molecular weight excluding hydrogens is 274 g/mol. The van der Waals surface area contributed by atoms with Crippen LogP contribution < -0.4 is 5.73 Å². The Hall–Kier alpha value is 0.620. The molecular formula is C15H27NOS2. The third kappa shape index (κ3) is 3.45. The molecule has 0 radical (unpaired) electrons.